The zero-order valence-corrected chi connectivity index (χ0v) is 22.6. The van der Waals surface area contributed by atoms with Crippen molar-refractivity contribution in [1.82, 2.24) is 9.97 Å². The molecule has 1 aliphatic rings. The van der Waals surface area contributed by atoms with Gasteiger partial charge in [0.25, 0.3) is 0 Å². The lowest BCUT2D eigenvalue weighted by Crippen LogP contribution is -2.04. The Morgan fingerprint density at radius 2 is 1.63 bits per heavy atom. The van der Waals surface area contributed by atoms with Crippen molar-refractivity contribution in [2.45, 2.75) is 79.6 Å². The summed E-state index contributed by atoms with van der Waals surface area (Å²) in [7, 11) is 1.93. The molecule has 4 rings (SSSR count). The van der Waals surface area contributed by atoms with Gasteiger partial charge in [0.05, 0.1) is 0 Å². The van der Waals surface area contributed by atoms with Gasteiger partial charge in [-0.05, 0) is 67.0 Å². The number of benzene rings is 1. The largest absolute Gasteiger partial charge is 0.373 e. The Balaban J connectivity index is 0.000000538. The fourth-order valence-corrected chi connectivity index (χ4v) is 3.71. The van der Waals surface area contributed by atoms with E-state index in [1.807, 2.05) is 20.9 Å². The van der Waals surface area contributed by atoms with Crippen LogP contribution in [0.1, 0.15) is 77.8 Å². The Bertz CT molecular complexity index is 1040. The first-order valence-electron chi connectivity index (χ1n) is 13.4. The van der Waals surface area contributed by atoms with E-state index < -0.39 is 0 Å². The Morgan fingerprint density at radius 1 is 0.943 bits per heavy atom. The average Bonchev–Trinajstić information content (AvgIpc) is 3.76. The first-order chi connectivity index (χ1) is 17.1. The lowest BCUT2D eigenvalue weighted by Gasteiger charge is -2.13. The highest BCUT2D eigenvalue weighted by Gasteiger charge is 2.19. The Kier molecular flexibility index (Phi) is 12.2. The molecule has 35 heavy (non-hydrogen) atoms. The molecule has 2 aromatic heterocycles. The van der Waals surface area contributed by atoms with Gasteiger partial charge in [0.2, 0.25) is 0 Å². The molecule has 0 saturated heterocycles. The number of anilines is 2. The number of rotatable bonds is 10. The molecule has 1 fully saturated rings. The molecule has 0 bridgehead atoms. The molecule has 190 valence electrons. The number of pyridine rings is 2. The summed E-state index contributed by atoms with van der Waals surface area (Å²) < 4.78 is 0. The van der Waals surface area contributed by atoms with Gasteiger partial charge in [-0.25, -0.2) is 9.97 Å². The maximum atomic E-state index is 9.57. The number of aryl methyl sites for hydroxylation is 2. The van der Waals surface area contributed by atoms with Gasteiger partial charge in [-0.3, -0.25) is 0 Å². The third-order valence-corrected chi connectivity index (χ3v) is 6.00. The molecule has 2 heterocycles. The highest BCUT2D eigenvalue weighted by molar-refractivity contribution is 5.88. The summed E-state index contributed by atoms with van der Waals surface area (Å²) >= 11 is 0. The van der Waals surface area contributed by atoms with Gasteiger partial charge in [0, 0.05) is 30.5 Å². The zero-order valence-electron chi connectivity index (χ0n) is 22.6. The van der Waals surface area contributed by atoms with E-state index in [2.05, 4.69) is 67.8 Å². The lowest BCUT2D eigenvalue weighted by atomic mass is 9.97. The quantitative estimate of drug-likeness (QED) is 0.232. The van der Waals surface area contributed by atoms with Crippen molar-refractivity contribution in [3.63, 3.8) is 0 Å². The monoisotopic (exact) mass is 476 g/mol. The second-order valence-electron chi connectivity index (χ2n) is 8.73. The molecule has 0 aliphatic heterocycles. The fraction of sp³-hybridized carbons (Fsp3) is 0.500. The molecule has 1 aromatic carbocycles. The number of aldehydes is 1. The number of unbranched alkanes of at least 4 members (excludes halogenated alkanes) is 2. The van der Waals surface area contributed by atoms with Crippen LogP contribution in [-0.4, -0.2) is 29.8 Å². The molecule has 0 amide bonds. The van der Waals surface area contributed by atoms with Gasteiger partial charge < -0.3 is 15.4 Å². The zero-order chi connectivity index (χ0) is 25.6. The number of hydrogen-bond donors (Lipinski definition) is 2. The van der Waals surface area contributed by atoms with Crippen LogP contribution in [-0.2, 0) is 17.6 Å². The molecular weight excluding hydrogens is 432 g/mol. The molecule has 0 spiro atoms. The van der Waals surface area contributed by atoms with Crippen molar-refractivity contribution in [3.05, 3.63) is 47.5 Å². The molecule has 0 radical (unpaired) electrons. The maximum absolute atomic E-state index is 9.57. The van der Waals surface area contributed by atoms with E-state index in [0.717, 1.165) is 73.2 Å². The normalized spacial score (nSPS) is 12.2. The van der Waals surface area contributed by atoms with Crippen molar-refractivity contribution in [3.8, 4) is 11.1 Å². The number of carbonyl (C=O) groups is 1. The number of fused-ring (bicyclic) bond motifs is 1. The van der Waals surface area contributed by atoms with Gasteiger partial charge >= 0.3 is 0 Å². The summed E-state index contributed by atoms with van der Waals surface area (Å²) in [5, 5.41) is 7.75. The molecule has 5 heteroatoms. The van der Waals surface area contributed by atoms with Crippen molar-refractivity contribution >= 4 is 29.0 Å². The van der Waals surface area contributed by atoms with Crippen LogP contribution in [0.4, 0.5) is 11.6 Å². The smallest absolute Gasteiger partial charge is 0.163 e. The van der Waals surface area contributed by atoms with Crippen molar-refractivity contribution in [1.29, 1.82) is 0 Å². The molecule has 5 nitrogen and oxygen atoms in total. The predicted octanol–water partition coefficient (Wildman–Crippen LogP) is 7.69. The molecule has 1 aliphatic carbocycles. The van der Waals surface area contributed by atoms with Crippen molar-refractivity contribution < 1.29 is 4.79 Å². The minimum atomic E-state index is 0.454. The summed E-state index contributed by atoms with van der Waals surface area (Å²) in [6.45, 7) is 11.6. The van der Waals surface area contributed by atoms with E-state index in [4.69, 9.17) is 9.97 Å². The number of hydrogen-bond acceptors (Lipinski definition) is 5. The van der Waals surface area contributed by atoms with E-state index in [9.17, 15) is 4.79 Å². The van der Waals surface area contributed by atoms with E-state index in [1.54, 1.807) is 0 Å². The molecular formula is C30H44N4O. The SMILES string of the molecule is CC.CCCCCNc1ccc2cc(-c3cc(CC)cc(CC)c3)c(NC)nc2n1.O=CC1CC1. The van der Waals surface area contributed by atoms with Crippen LogP contribution in [0, 0.1) is 5.92 Å². The van der Waals surface area contributed by atoms with E-state index in [-0.39, 0.29) is 0 Å². The number of nitrogens with zero attached hydrogens (tertiary/aromatic N) is 2. The van der Waals surface area contributed by atoms with Gasteiger partial charge in [0.1, 0.15) is 17.9 Å². The Morgan fingerprint density at radius 3 is 2.14 bits per heavy atom. The maximum Gasteiger partial charge on any atom is 0.163 e. The summed E-state index contributed by atoms with van der Waals surface area (Å²) in [6, 6.07) is 13.2. The van der Waals surface area contributed by atoms with E-state index in [0.29, 0.717) is 5.92 Å². The summed E-state index contributed by atoms with van der Waals surface area (Å²) in [5.41, 5.74) is 5.85. The molecule has 1 saturated carbocycles. The van der Waals surface area contributed by atoms with Crippen LogP contribution in [0.25, 0.3) is 22.2 Å². The standard InChI is InChI=1S/C24H32N4.C4H6O.C2H6/c1-5-8-9-12-26-22-11-10-19-16-21(24(25-4)28-23(19)27-22)20-14-17(6-2)13-18(7-3)15-20;5-3-4-1-2-4;1-2/h10-11,13-16H,5-9,12H2,1-4H3,(H2,25,26,27,28);3-4H,1-2H2;1-2H3. The highest BCUT2D eigenvalue weighted by Crippen LogP contribution is 2.31. The third-order valence-electron chi connectivity index (χ3n) is 6.00. The number of nitrogens with one attached hydrogen (secondary N) is 2. The summed E-state index contributed by atoms with van der Waals surface area (Å²) in [4.78, 5) is 19.1. The van der Waals surface area contributed by atoms with Crippen LogP contribution < -0.4 is 10.6 Å². The number of carbonyl (C=O) groups excluding carboxylic acids is 1. The van der Waals surface area contributed by atoms with Crippen LogP contribution in [0.5, 0.6) is 0 Å². The minimum absolute atomic E-state index is 0.454. The fourth-order valence-electron chi connectivity index (χ4n) is 3.71. The van der Waals surface area contributed by atoms with Gasteiger partial charge in [-0.2, -0.15) is 0 Å². The van der Waals surface area contributed by atoms with E-state index >= 15 is 0 Å². The lowest BCUT2D eigenvalue weighted by molar-refractivity contribution is -0.108. The van der Waals surface area contributed by atoms with Crippen LogP contribution in [0.15, 0.2) is 36.4 Å². The Hall–Kier alpha value is -2.95. The first-order valence-corrected chi connectivity index (χ1v) is 13.4. The molecule has 3 aromatic rings. The van der Waals surface area contributed by atoms with Crippen LogP contribution in [0.3, 0.4) is 0 Å². The second-order valence-corrected chi connectivity index (χ2v) is 8.73. The second kappa shape index (κ2) is 15.1. The highest BCUT2D eigenvalue weighted by atomic mass is 16.1. The molecule has 0 unspecified atom stereocenters. The topological polar surface area (TPSA) is 66.9 Å². The van der Waals surface area contributed by atoms with E-state index in [1.165, 1.54) is 29.5 Å². The van der Waals surface area contributed by atoms with Crippen molar-refractivity contribution in [2.24, 2.45) is 5.92 Å². The predicted molar refractivity (Wildman–Crippen MR) is 151 cm³/mol. The molecule has 0 atom stereocenters. The van der Waals surface area contributed by atoms with Crippen LogP contribution >= 0.6 is 0 Å². The summed E-state index contributed by atoms with van der Waals surface area (Å²) in [6.07, 6.45) is 9.01. The van der Waals surface area contributed by atoms with Gasteiger partial charge in [-0.1, -0.05) is 65.7 Å². The van der Waals surface area contributed by atoms with Gasteiger partial charge in [-0.15, -0.1) is 0 Å². The average molecular weight is 477 g/mol. The molecule has 2 N–H and O–H groups in total. The number of aromatic nitrogens is 2. The van der Waals surface area contributed by atoms with Crippen molar-refractivity contribution in [2.75, 3.05) is 24.2 Å². The Labute approximate surface area is 212 Å². The van der Waals surface area contributed by atoms with Gasteiger partial charge in [0.15, 0.2) is 5.65 Å². The minimum Gasteiger partial charge on any atom is -0.373 e. The summed E-state index contributed by atoms with van der Waals surface area (Å²) in [5.74, 6) is 2.22. The first kappa shape index (κ1) is 28.3. The third kappa shape index (κ3) is 8.65. The van der Waals surface area contributed by atoms with Crippen LogP contribution in [0.2, 0.25) is 0 Å².